The van der Waals surface area contributed by atoms with Crippen LogP contribution in [0.3, 0.4) is 0 Å². The maximum Gasteiger partial charge on any atom is 0.242 e. The van der Waals surface area contributed by atoms with Crippen LogP contribution in [0.2, 0.25) is 0 Å². The molecule has 0 aliphatic carbocycles. The molecular weight excluding hydrogens is 386 g/mol. The monoisotopic (exact) mass is 415 g/mol. The van der Waals surface area contributed by atoms with Gasteiger partial charge in [0.15, 0.2) is 0 Å². The Kier molecular flexibility index (Phi) is 5.27. The summed E-state index contributed by atoms with van der Waals surface area (Å²) in [7, 11) is 1.72. The number of sulfonamides is 1. The number of fused-ring (bicyclic) bond motifs is 1. The van der Waals surface area contributed by atoms with E-state index in [9.17, 15) is 8.42 Å². The minimum atomic E-state index is -3.47. The molecule has 1 saturated heterocycles. The fourth-order valence-electron chi connectivity index (χ4n) is 4.36. The Morgan fingerprint density at radius 2 is 2.03 bits per heavy atom. The Labute approximate surface area is 172 Å². The third-order valence-electron chi connectivity index (χ3n) is 5.93. The van der Waals surface area contributed by atoms with E-state index >= 15 is 0 Å². The van der Waals surface area contributed by atoms with Gasteiger partial charge in [-0.3, -0.25) is 4.90 Å². The zero-order valence-electron chi connectivity index (χ0n) is 17.5. The molecule has 0 spiro atoms. The van der Waals surface area contributed by atoms with Crippen LogP contribution in [0.5, 0.6) is 0 Å². The van der Waals surface area contributed by atoms with Crippen molar-refractivity contribution in [2.24, 2.45) is 7.05 Å². The largest absolute Gasteiger partial charge is 0.353 e. The summed E-state index contributed by atoms with van der Waals surface area (Å²) in [5.41, 5.74) is 3.05. The van der Waals surface area contributed by atoms with Gasteiger partial charge < -0.3 is 9.13 Å². The molecule has 0 saturated carbocycles. The molecule has 0 bridgehead atoms. The third-order valence-corrected chi connectivity index (χ3v) is 7.74. The van der Waals surface area contributed by atoms with Crippen LogP contribution in [-0.2, 0) is 30.2 Å². The highest BCUT2D eigenvalue weighted by atomic mass is 32.2. The van der Waals surface area contributed by atoms with Gasteiger partial charge in [-0.2, -0.15) is 0 Å². The van der Waals surface area contributed by atoms with Gasteiger partial charge in [0.25, 0.3) is 0 Å². The number of rotatable bonds is 6. The number of aryl methyl sites for hydroxylation is 2. The van der Waals surface area contributed by atoms with E-state index in [0.29, 0.717) is 6.04 Å². The zero-order valence-corrected chi connectivity index (χ0v) is 18.4. The molecule has 0 unspecified atom stereocenters. The molecule has 0 N–H and O–H groups in total. The third kappa shape index (κ3) is 3.49. The van der Waals surface area contributed by atoms with E-state index in [1.54, 1.807) is 26.2 Å². The lowest BCUT2D eigenvalue weighted by atomic mass is 10.1. The SMILES string of the molecule is CCn1c(CN2CCC[C@H]2c2cccn2C)nc2cc(S(=O)(=O)N(C)C)ccc21. The van der Waals surface area contributed by atoms with E-state index in [1.807, 2.05) is 6.07 Å². The molecule has 29 heavy (non-hydrogen) atoms. The fraction of sp³-hybridized carbons (Fsp3) is 0.476. The fourth-order valence-corrected chi connectivity index (χ4v) is 5.28. The van der Waals surface area contributed by atoms with Crippen molar-refractivity contribution in [1.29, 1.82) is 0 Å². The molecule has 7 nitrogen and oxygen atoms in total. The molecular formula is C21H29N5O2S. The first-order valence-corrected chi connectivity index (χ1v) is 11.5. The second-order valence-electron chi connectivity index (χ2n) is 7.88. The van der Waals surface area contributed by atoms with Crippen LogP contribution < -0.4 is 0 Å². The van der Waals surface area contributed by atoms with Gasteiger partial charge in [0.1, 0.15) is 5.82 Å². The van der Waals surface area contributed by atoms with Gasteiger partial charge in [0.2, 0.25) is 10.0 Å². The van der Waals surface area contributed by atoms with Gasteiger partial charge in [-0.1, -0.05) is 0 Å². The van der Waals surface area contributed by atoms with Crippen molar-refractivity contribution in [3.05, 3.63) is 48.0 Å². The van der Waals surface area contributed by atoms with Gasteiger partial charge in [-0.15, -0.1) is 0 Å². The van der Waals surface area contributed by atoms with Crippen LogP contribution in [0.4, 0.5) is 0 Å². The Hall–Kier alpha value is -2.16. The molecule has 1 aliphatic rings. The highest BCUT2D eigenvalue weighted by Crippen LogP contribution is 2.33. The molecule has 1 aromatic carbocycles. The van der Waals surface area contributed by atoms with Crippen LogP contribution in [0.1, 0.15) is 37.3 Å². The molecule has 0 amide bonds. The molecule has 1 fully saturated rings. The summed E-state index contributed by atoms with van der Waals surface area (Å²) >= 11 is 0. The molecule has 4 rings (SSSR count). The molecule has 156 valence electrons. The van der Waals surface area contributed by atoms with Crippen molar-refractivity contribution >= 4 is 21.1 Å². The quantitative estimate of drug-likeness (QED) is 0.621. The average molecular weight is 416 g/mol. The van der Waals surface area contributed by atoms with Crippen molar-refractivity contribution < 1.29 is 8.42 Å². The number of hydrogen-bond acceptors (Lipinski definition) is 4. The molecule has 3 heterocycles. The summed E-state index contributed by atoms with van der Waals surface area (Å²) in [4.78, 5) is 7.62. The molecule has 8 heteroatoms. The molecule has 1 aliphatic heterocycles. The zero-order chi connectivity index (χ0) is 20.8. The normalized spacial score (nSPS) is 18.3. The molecule has 2 aromatic heterocycles. The highest BCUT2D eigenvalue weighted by Gasteiger charge is 2.29. The van der Waals surface area contributed by atoms with Crippen molar-refractivity contribution in [1.82, 2.24) is 23.3 Å². The summed E-state index contributed by atoms with van der Waals surface area (Å²) in [6.07, 6.45) is 4.42. The van der Waals surface area contributed by atoms with Crippen molar-refractivity contribution in [3.63, 3.8) is 0 Å². The van der Waals surface area contributed by atoms with E-state index in [1.165, 1.54) is 16.4 Å². The standard InChI is InChI=1S/C21H29N5O2S/c1-5-26-18-11-10-16(29(27,28)23(2)3)14-17(18)22-21(26)15-25-13-7-9-20(25)19-8-6-12-24(19)4/h6,8,10-12,14,20H,5,7,9,13,15H2,1-4H3/t20-/m0/s1. The maximum absolute atomic E-state index is 12.5. The number of aromatic nitrogens is 3. The lowest BCUT2D eigenvalue weighted by Crippen LogP contribution is -2.25. The van der Waals surface area contributed by atoms with Crippen LogP contribution in [0.25, 0.3) is 11.0 Å². The first kappa shape index (κ1) is 20.1. The van der Waals surface area contributed by atoms with Gasteiger partial charge in [-0.05, 0) is 56.6 Å². The Bertz CT molecular complexity index is 1130. The number of benzene rings is 1. The van der Waals surface area contributed by atoms with Crippen LogP contribution >= 0.6 is 0 Å². The van der Waals surface area contributed by atoms with Gasteiger partial charge >= 0.3 is 0 Å². The van der Waals surface area contributed by atoms with E-state index < -0.39 is 10.0 Å². The summed E-state index contributed by atoms with van der Waals surface area (Å²) in [6, 6.07) is 9.94. The average Bonchev–Trinajstić information content (AvgIpc) is 3.39. The highest BCUT2D eigenvalue weighted by molar-refractivity contribution is 7.89. The lowest BCUT2D eigenvalue weighted by Gasteiger charge is -2.25. The first-order chi connectivity index (χ1) is 13.8. The summed E-state index contributed by atoms with van der Waals surface area (Å²) in [5.74, 6) is 0.989. The first-order valence-electron chi connectivity index (χ1n) is 10.1. The van der Waals surface area contributed by atoms with Crippen LogP contribution in [0.15, 0.2) is 41.4 Å². The summed E-state index contributed by atoms with van der Waals surface area (Å²) in [5, 5.41) is 0. The van der Waals surface area contributed by atoms with Crippen LogP contribution in [0, 0.1) is 0 Å². The van der Waals surface area contributed by atoms with Crippen LogP contribution in [-0.4, -0.2) is 52.4 Å². The number of imidazole rings is 1. The number of likely N-dealkylation sites (tertiary alicyclic amines) is 1. The van der Waals surface area contributed by atoms with Crippen molar-refractivity contribution in [2.75, 3.05) is 20.6 Å². The second-order valence-corrected chi connectivity index (χ2v) is 10.0. The maximum atomic E-state index is 12.5. The Balaban J connectivity index is 1.69. The van der Waals surface area contributed by atoms with E-state index in [4.69, 9.17) is 4.98 Å². The number of nitrogens with zero attached hydrogens (tertiary/aromatic N) is 5. The predicted molar refractivity (Wildman–Crippen MR) is 114 cm³/mol. The minimum Gasteiger partial charge on any atom is -0.353 e. The molecule has 0 radical (unpaired) electrons. The Morgan fingerprint density at radius 3 is 2.69 bits per heavy atom. The summed E-state index contributed by atoms with van der Waals surface area (Å²) in [6.45, 7) is 4.71. The van der Waals surface area contributed by atoms with Crippen molar-refractivity contribution in [2.45, 2.75) is 43.8 Å². The predicted octanol–water partition coefficient (Wildman–Crippen LogP) is 2.98. The number of hydrogen-bond donors (Lipinski definition) is 0. The summed E-state index contributed by atoms with van der Waals surface area (Å²) < 4.78 is 30.6. The van der Waals surface area contributed by atoms with Gasteiger partial charge in [0.05, 0.1) is 28.5 Å². The Morgan fingerprint density at radius 1 is 1.24 bits per heavy atom. The topological polar surface area (TPSA) is 63.4 Å². The molecule has 1 atom stereocenters. The van der Waals surface area contributed by atoms with E-state index in [2.05, 4.69) is 46.3 Å². The van der Waals surface area contributed by atoms with E-state index in [0.717, 1.165) is 42.9 Å². The van der Waals surface area contributed by atoms with Gasteiger partial charge in [0, 0.05) is 39.6 Å². The van der Waals surface area contributed by atoms with Gasteiger partial charge in [-0.25, -0.2) is 17.7 Å². The minimum absolute atomic E-state index is 0.283. The van der Waals surface area contributed by atoms with E-state index in [-0.39, 0.29) is 4.90 Å². The molecule has 3 aromatic rings. The van der Waals surface area contributed by atoms with Crippen molar-refractivity contribution in [3.8, 4) is 0 Å². The lowest BCUT2D eigenvalue weighted by molar-refractivity contribution is 0.232. The smallest absolute Gasteiger partial charge is 0.242 e. The second kappa shape index (κ2) is 7.59.